The number of aromatic nitrogens is 2. The summed E-state index contributed by atoms with van der Waals surface area (Å²) in [5.41, 5.74) is 9.27. The number of halogens is 1. The standard InChI is InChI=1S/C14H18N4O.ClH/c1-10-13(9-16-18(10)2)17-14(19)8-7-11-5-3-4-6-12(11)15;/h3-6,9H,7-8,15H2,1-2H3,(H,17,19);1H. The molecule has 0 unspecified atom stereocenters. The zero-order chi connectivity index (χ0) is 13.8. The first kappa shape index (κ1) is 16.0. The number of anilines is 2. The summed E-state index contributed by atoms with van der Waals surface area (Å²) in [5.74, 6) is -0.0284. The molecule has 5 nitrogen and oxygen atoms in total. The lowest BCUT2D eigenvalue weighted by Gasteiger charge is -2.06. The van der Waals surface area contributed by atoms with Crippen LogP contribution in [-0.4, -0.2) is 15.7 Å². The van der Waals surface area contributed by atoms with Crippen molar-refractivity contribution in [3.8, 4) is 0 Å². The predicted molar refractivity (Wildman–Crippen MR) is 83.0 cm³/mol. The van der Waals surface area contributed by atoms with Crippen LogP contribution in [0.15, 0.2) is 30.5 Å². The summed E-state index contributed by atoms with van der Waals surface area (Å²) in [6, 6.07) is 7.60. The van der Waals surface area contributed by atoms with Gasteiger partial charge in [0.1, 0.15) is 0 Å². The van der Waals surface area contributed by atoms with Gasteiger partial charge in [-0.25, -0.2) is 0 Å². The molecule has 0 aliphatic heterocycles. The Bertz CT molecular complexity index is 595. The topological polar surface area (TPSA) is 72.9 Å². The Morgan fingerprint density at radius 1 is 1.40 bits per heavy atom. The lowest BCUT2D eigenvalue weighted by molar-refractivity contribution is -0.116. The van der Waals surface area contributed by atoms with Crippen LogP contribution in [0.3, 0.4) is 0 Å². The molecule has 1 aromatic heterocycles. The summed E-state index contributed by atoms with van der Waals surface area (Å²) in [4.78, 5) is 11.9. The Labute approximate surface area is 124 Å². The summed E-state index contributed by atoms with van der Waals surface area (Å²) in [7, 11) is 1.84. The van der Waals surface area contributed by atoms with Crippen LogP contribution in [0.5, 0.6) is 0 Å². The second kappa shape index (κ2) is 6.96. The number of benzene rings is 1. The monoisotopic (exact) mass is 294 g/mol. The number of nitrogens with two attached hydrogens (primary N) is 1. The zero-order valence-corrected chi connectivity index (χ0v) is 12.4. The van der Waals surface area contributed by atoms with Gasteiger partial charge in [-0.05, 0) is 25.0 Å². The van der Waals surface area contributed by atoms with Crippen LogP contribution in [-0.2, 0) is 18.3 Å². The van der Waals surface area contributed by atoms with Crippen LogP contribution in [0.1, 0.15) is 17.7 Å². The summed E-state index contributed by atoms with van der Waals surface area (Å²) in [6.07, 6.45) is 2.70. The molecule has 0 aliphatic rings. The van der Waals surface area contributed by atoms with E-state index in [0.717, 1.165) is 22.6 Å². The fourth-order valence-electron chi connectivity index (χ4n) is 1.84. The highest BCUT2D eigenvalue weighted by molar-refractivity contribution is 5.91. The van der Waals surface area contributed by atoms with Gasteiger partial charge in [-0.15, -0.1) is 12.4 Å². The third kappa shape index (κ3) is 3.74. The molecule has 0 saturated carbocycles. The van der Waals surface area contributed by atoms with Gasteiger partial charge in [0.15, 0.2) is 0 Å². The number of aryl methyl sites for hydroxylation is 2. The van der Waals surface area contributed by atoms with Crippen LogP contribution >= 0.6 is 12.4 Å². The van der Waals surface area contributed by atoms with Gasteiger partial charge in [0.05, 0.1) is 17.6 Å². The molecule has 0 atom stereocenters. The lowest BCUT2D eigenvalue weighted by atomic mass is 10.1. The molecule has 0 aliphatic carbocycles. The highest BCUT2D eigenvalue weighted by Crippen LogP contribution is 2.15. The smallest absolute Gasteiger partial charge is 0.224 e. The van der Waals surface area contributed by atoms with Gasteiger partial charge in [-0.3, -0.25) is 9.48 Å². The zero-order valence-electron chi connectivity index (χ0n) is 11.6. The fourth-order valence-corrected chi connectivity index (χ4v) is 1.84. The Morgan fingerprint density at radius 3 is 2.70 bits per heavy atom. The average molecular weight is 295 g/mol. The molecular formula is C14H19ClN4O. The van der Waals surface area contributed by atoms with Gasteiger partial charge in [0, 0.05) is 19.2 Å². The number of nitrogens with zero attached hydrogens (tertiary/aromatic N) is 2. The summed E-state index contributed by atoms with van der Waals surface area (Å²) in [6.45, 7) is 1.91. The van der Waals surface area contributed by atoms with Crippen LogP contribution in [0.2, 0.25) is 0 Å². The molecule has 0 saturated heterocycles. The number of hydrogen-bond acceptors (Lipinski definition) is 3. The van der Waals surface area contributed by atoms with Gasteiger partial charge in [-0.1, -0.05) is 18.2 Å². The third-order valence-corrected chi connectivity index (χ3v) is 3.19. The van der Waals surface area contributed by atoms with E-state index in [1.165, 1.54) is 0 Å². The molecule has 6 heteroatoms. The molecule has 2 rings (SSSR count). The SMILES string of the molecule is Cc1c(NC(=O)CCc2ccccc2N)cnn1C.Cl. The summed E-state index contributed by atoms with van der Waals surface area (Å²) >= 11 is 0. The minimum absolute atomic E-state index is 0. The number of nitrogens with one attached hydrogen (secondary N) is 1. The van der Waals surface area contributed by atoms with E-state index in [9.17, 15) is 4.79 Å². The Kier molecular flexibility index (Phi) is 5.58. The first-order valence-electron chi connectivity index (χ1n) is 6.19. The summed E-state index contributed by atoms with van der Waals surface area (Å²) in [5, 5.41) is 6.94. The molecule has 2 aromatic rings. The van der Waals surface area contributed by atoms with E-state index in [1.54, 1.807) is 10.9 Å². The molecule has 3 N–H and O–H groups in total. The normalized spacial score (nSPS) is 9.90. The van der Waals surface area contributed by atoms with E-state index < -0.39 is 0 Å². The molecular weight excluding hydrogens is 276 g/mol. The van der Waals surface area contributed by atoms with Crippen molar-refractivity contribution in [2.45, 2.75) is 19.8 Å². The van der Waals surface area contributed by atoms with Crippen molar-refractivity contribution < 1.29 is 4.79 Å². The van der Waals surface area contributed by atoms with Crippen molar-refractivity contribution in [1.82, 2.24) is 9.78 Å². The van der Waals surface area contributed by atoms with E-state index in [1.807, 2.05) is 38.2 Å². The first-order valence-corrected chi connectivity index (χ1v) is 6.19. The second-order valence-corrected chi connectivity index (χ2v) is 4.51. The molecule has 20 heavy (non-hydrogen) atoms. The van der Waals surface area contributed by atoms with Crippen molar-refractivity contribution >= 4 is 29.7 Å². The lowest BCUT2D eigenvalue weighted by Crippen LogP contribution is -2.13. The molecule has 0 radical (unpaired) electrons. The predicted octanol–water partition coefficient (Wildman–Crippen LogP) is 2.30. The van der Waals surface area contributed by atoms with E-state index in [-0.39, 0.29) is 18.3 Å². The van der Waals surface area contributed by atoms with Gasteiger partial charge < -0.3 is 11.1 Å². The number of hydrogen-bond donors (Lipinski definition) is 2. The van der Waals surface area contributed by atoms with E-state index in [2.05, 4.69) is 10.4 Å². The molecule has 108 valence electrons. The quantitative estimate of drug-likeness (QED) is 0.850. The molecule has 0 fully saturated rings. The van der Waals surface area contributed by atoms with Crippen molar-refractivity contribution in [3.63, 3.8) is 0 Å². The molecule has 1 aromatic carbocycles. The number of rotatable bonds is 4. The number of carbonyl (C=O) groups excluding carboxylic acids is 1. The van der Waals surface area contributed by atoms with Crippen molar-refractivity contribution in [1.29, 1.82) is 0 Å². The second-order valence-electron chi connectivity index (χ2n) is 4.51. The highest BCUT2D eigenvalue weighted by atomic mass is 35.5. The number of para-hydroxylation sites is 1. The Morgan fingerprint density at radius 2 is 2.10 bits per heavy atom. The minimum Gasteiger partial charge on any atom is -0.399 e. The molecule has 1 heterocycles. The average Bonchev–Trinajstić information content (AvgIpc) is 2.70. The Balaban J connectivity index is 0.00000200. The Hall–Kier alpha value is -2.01. The largest absolute Gasteiger partial charge is 0.399 e. The third-order valence-electron chi connectivity index (χ3n) is 3.19. The molecule has 0 spiro atoms. The highest BCUT2D eigenvalue weighted by Gasteiger charge is 2.08. The number of nitrogen functional groups attached to an aromatic ring is 1. The maximum atomic E-state index is 11.9. The van der Waals surface area contributed by atoms with Crippen molar-refractivity contribution in [2.24, 2.45) is 7.05 Å². The van der Waals surface area contributed by atoms with Crippen LogP contribution in [0.25, 0.3) is 0 Å². The van der Waals surface area contributed by atoms with Crippen LogP contribution < -0.4 is 11.1 Å². The van der Waals surface area contributed by atoms with Gasteiger partial charge in [0.25, 0.3) is 0 Å². The van der Waals surface area contributed by atoms with E-state index in [0.29, 0.717) is 12.8 Å². The van der Waals surface area contributed by atoms with Crippen LogP contribution in [0.4, 0.5) is 11.4 Å². The first-order chi connectivity index (χ1) is 9.08. The molecule has 0 bridgehead atoms. The minimum atomic E-state index is -0.0284. The number of carbonyl (C=O) groups is 1. The van der Waals surface area contributed by atoms with Gasteiger partial charge in [-0.2, -0.15) is 5.10 Å². The van der Waals surface area contributed by atoms with E-state index in [4.69, 9.17) is 5.73 Å². The van der Waals surface area contributed by atoms with Crippen molar-refractivity contribution in [3.05, 3.63) is 41.7 Å². The van der Waals surface area contributed by atoms with Crippen LogP contribution in [0, 0.1) is 6.92 Å². The fraction of sp³-hybridized carbons (Fsp3) is 0.286. The molecule has 1 amide bonds. The van der Waals surface area contributed by atoms with Gasteiger partial charge >= 0.3 is 0 Å². The summed E-state index contributed by atoms with van der Waals surface area (Å²) < 4.78 is 1.73. The number of amides is 1. The van der Waals surface area contributed by atoms with E-state index >= 15 is 0 Å². The maximum absolute atomic E-state index is 11.9. The maximum Gasteiger partial charge on any atom is 0.224 e. The van der Waals surface area contributed by atoms with Gasteiger partial charge in [0.2, 0.25) is 5.91 Å². The van der Waals surface area contributed by atoms with Crippen molar-refractivity contribution in [2.75, 3.05) is 11.1 Å².